The van der Waals surface area contributed by atoms with Crippen LogP contribution in [0.2, 0.25) is 0 Å². The van der Waals surface area contributed by atoms with Gasteiger partial charge >= 0.3 is 5.97 Å². The first-order valence-electron chi connectivity index (χ1n) is 7.62. The molecule has 1 aromatic carbocycles. The van der Waals surface area contributed by atoms with Crippen LogP contribution in [0.15, 0.2) is 24.3 Å². The predicted octanol–water partition coefficient (Wildman–Crippen LogP) is 2.27. The molecule has 1 aliphatic carbocycles. The van der Waals surface area contributed by atoms with Gasteiger partial charge < -0.3 is 15.8 Å². The summed E-state index contributed by atoms with van der Waals surface area (Å²) in [6.07, 6.45) is 2.58. The van der Waals surface area contributed by atoms with Crippen LogP contribution >= 0.6 is 11.3 Å². The van der Waals surface area contributed by atoms with Gasteiger partial charge in [0.25, 0.3) is 11.8 Å². The van der Waals surface area contributed by atoms with Crippen molar-refractivity contribution in [1.82, 2.24) is 0 Å². The van der Waals surface area contributed by atoms with E-state index < -0.39 is 30.2 Å². The highest BCUT2D eigenvalue weighted by Gasteiger charge is 2.26. The Labute approximate surface area is 146 Å². The van der Waals surface area contributed by atoms with Crippen LogP contribution in [0.4, 0.5) is 9.39 Å². The van der Waals surface area contributed by atoms with Gasteiger partial charge in [-0.25, -0.2) is 9.18 Å². The largest absolute Gasteiger partial charge is 0.452 e. The zero-order valence-corrected chi connectivity index (χ0v) is 14.0. The molecule has 6 nitrogen and oxygen atoms in total. The molecule has 0 atom stereocenters. The summed E-state index contributed by atoms with van der Waals surface area (Å²) in [5, 5.41) is 2.97. The van der Waals surface area contributed by atoms with E-state index in [1.165, 1.54) is 23.5 Å². The molecule has 0 aliphatic heterocycles. The summed E-state index contributed by atoms with van der Waals surface area (Å²) in [5.74, 6) is -2.37. The Balaban J connectivity index is 1.63. The first kappa shape index (κ1) is 17.1. The lowest BCUT2D eigenvalue weighted by atomic mass is 10.1. The van der Waals surface area contributed by atoms with Crippen LogP contribution in [0.5, 0.6) is 0 Å². The van der Waals surface area contributed by atoms with Crippen molar-refractivity contribution in [3.63, 3.8) is 0 Å². The van der Waals surface area contributed by atoms with Crippen molar-refractivity contribution in [3.05, 3.63) is 51.7 Å². The molecule has 0 radical (unpaired) electrons. The smallest absolute Gasteiger partial charge is 0.338 e. The first-order chi connectivity index (χ1) is 12.0. The molecule has 1 heterocycles. The number of rotatable bonds is 5. The van der Waals surface area contributed by atoms with Gasteiger partial charge in [-0.2, -0.15) is 0 Å². The summed E-state index contributed by atoms with van der Waals surface area (Å²) in [7, 11) is 0. The molecule has 3 N–H and O–H groups in total. The third kappa shape index (κ3) is 3.69. The molecule has 1 aromatic heterocycles. The van der Waals surface area contributed by atoms with Crippen LogP contribution in [-0.4, -0.2) is 24.4 Å². The Morgan fingerprint density at radius 2 is 1.92 bits per heavy atom. The number of hydrogen-bond donors (Lipinski definition) is 2. The molecule has 8 heteroatoms. The number of esters is 1. The summed E-state index contributed by atoms with van der Waals surface area (Å²) in [6.45, 7) is -0.517. The Bertz CT molecular complexity index is 845. The minimum absolute atomic E-state index is 0.141. The summed E-state index contributed by atoms with van der Waals surface area (Å²) >= 11 is 1.32. The van der Waals surface area contributed by atoms with Gasteiger partial charge in [-0.15, -0.1) is 11.3 Å². The van der Waals surface area contributed by atoms with Crippen LogP contribution in [0.1, 0.15) is 37.6 Å². The van der Waals surface area contributed by atoms with Crippen molar-refractivity contribution in [2.45, 2.75) is 19.3 Å². The standard InChI is InChI=1S/C17H15FN2O4S/c18-10-6-4-9(5-7-10)17(23)24-8-13(21)20-16-14(15(19)22)11-2-1-3-12(11)25-16/h4-7H,1-3,8H2,(H2,19,22)(H,20,21). The maximum Gasteiger partial charge on any atom is 0.338 e. The average Bonchev–Trinajstić information content (AvgIpc) is 3.13. The third-order valence-corrected chi connectivity index (χ3v) is 5.04. The lowest BCUT2D eigenvalue weighted by molar-refractivity contribution is -0.119. The van der Waals surface area contributed by atoms with E-state index in [4.69, 9.17) is 10.5 Å². The molecule has 0 saturated carbocycles. The number of ether oxygens (including phenoxy) is 1. The number of nitrogens with one attached hydrogen (secondary N) is 1. The molecule has 130 valence electrons. The van der Waals surface area contributed by atoms with Crippen molar-refractivity contribution in [2.24, 2.45) is 5.73 Å². The van der Waals surface area contributed by atoms with E-state index in [1.807, 2.05) is 0 Å². The second-order valence-corrected chi connectivity index (χ2v) is 6.66. The van der Waals surface area contributed by atoms with Crippen molar-refractivity contribution >= 4 is 34.1 Å². The highest BCUT2D eigenvalue weighted by atomic mass is 32.1. The lowest BCUT2D eigenvalue weighted by Crippen LogP contribution is -2.22. The van der Waals surface area contributed by atoms with Crippen LogP contribution in [0.25, 0.3) is 0 Å². The molecule has 0 bridgehead atoms. The molecule has 1 aliphatic rings. The van der Waals surface area contributed by atoms with E-state index >= 15 is 0 Å². The number of hydrogen-bond acceptors (Lipinski definition) is 5. The number of nitrogens with two attached hydrogens (primary N) is 1. The van der Waals surface area contributed by atoms with Gasteiger partial charge in [-0.3, -0.25) is 9.59 Å². The number of aryl methyl sites for hydroxylation is 1. The van der Waals surface area contributed by atoms with Crippen LogP contribution in [0.3, 0.4) is 0 Å². The van der Waals surface area contributed by atoms with Gasteiger partial charge in [0.15, 0.2) is 6.61 Å². The number of benzene rings is 1. The van der Waals surface area contributed by atoms with Crippen LogP contribution in [-0.2, 0) is 22.4 Å². The van der Waals surface area contributed by atoms with Gasteiger partial charge in [0.1, 0.15) is 10.8 Å². The minimum atomic E-state index is -0.737. The van der Waals surface area contributed by atoms with Crippen molar-refractivity contribution in [3.8, 4) is 0 Å². The molecule has 0 unspecified atom stereocenters. The number of carbonyl (C=O) groups is 3. The Morgan fingerprint density at radius 1 is 1.20 bits per heavy atom. The zero-order valence-electron chi connectivity index (χ0n) is 13.1. The molecule has 0 saturated heterocycles. The number of thiophene rings is 1. The van der Waals surface area contributed by atoms with E-state index in [9.17, 15) is 18.8 Å². The molecule has 0 fully saturated rings. The van der Waals surface area contributed by atoms with E-state index in [0.717, 1.165) is 41.8 Å². The SMILES string of the molecule is NC(=O)c1c(NC(=O)COC(=O)c2ccc(F)cc2)sc2c1CCC2. The quantitative estimate of drug-likeness (QED) is 0.797. The average molecular weight is 362 g/mol. The molecule has 25 heavy (non-hydrogen) atoms. The van der Waals surface area contributed by atoms with Gasteiger partial charge in [0, 0.05) is 4.88 Å². The number of anilines is 1. The number of carbonyl (C=O) groups excluding carboxylic acids is 3. The summed E-state index contributed by atoms with van der Waals surface area (Å²) < 4.78 is 17.7. The van der Waals surface area contributed by atoms with E-state index in [-0.39, 0.29) is 5.56 Å². The Hall–Kier alpha value is -2.74. The number of amides is 2. The monoisotopic (exact) mass is 362 g/mol. The number of primary amides is 1. The van der Waals surface area contributed by atoms with Crippen molar-refractivity contribution < 1.29 is 23.5 Å². The maximum atomic E-state index is 12.8. The minimum Gasteiger partial charge on any atom is -0.452 e. The molecular weight excluding hydrogens is 347 g/mol. The lowest BCUT2D eigenvalue weighted by Gasteiger charge is -2.07. The Morgan fingerprint density at radius 3 is 2.60 bits per heavy atom. The van der Waals surface area contributed by atoms with E-state index in [0.29, 0.717) is 10.6 Å². The van der Waals surface area contributed by atoms with Crippen LogP contribution in [0, 0.1) is 5.82 Å². The maximum absolute atomic E-state index is 12.8. The van der Waals surface area contributed by atoms with Gasteiger partial charge in [-0.1, -0.05) is 0 Å². The van der Waals surface area contributed by atoms with Gasteiger partial charge in [0.05, 0.1) is 11.1 Å². The van der Waals surface area contributed by atoms with E-state index in [1.54, 1.807) is 0 Å². The second-order valence-electron chi connectivity index (χ2n) is 5.56. The zero-order chi connectivity index (χ0) is 18.0. The fourth-order valence-corrected chi connectivity index (χ4v) is 4.03. The summed E-state index contributed by atoms with van der Waals surface area (Å²) in [5.41, 5.74) is 6.80. The predicted molar refractivity (Wildman–Crippen MR) is 90.2 cm³/mol. The molecular formula is C17H15FN2O4S. The fourth-order valence-electron chi connectivity index (χ4n) is 2.72. The normalized spacial score (nSPS) is 12.5. The molecule has 3 rings (SSSR count). The van der Waals surface area contributed by atoms with Crippen molar-refractivity contribution in [1.29, 1.82) is 0 Å². The first-order valence-corrected chi connectivity index (χ1v) is 8.44. The molecule has 2 aromatic rings. The Kier molecular flexibility index (Phi) is 4.80. The molecule has 0 spiro atoms. The highest BCUT2D eigenvalue weighted by molar-refractivity contribution is 7.17. The topological polar surface area (TPSA) is 98.5 Å². The second kappa shape index (κ2) is 7.02. The third-order valence-electron chi connectivity index (χ3n) is 3.83. The summed E-state index contributed by atoms with van der Waals surface area (Å²) in [4.78, 5) is 36.5. The number of fused-ring (bicyclic) bond motifs is 1. The highest BCUT2D eigenvalue weighted by Crippen LogP contribution is 2.38. The van der Waals surface area contributed by atoms with Gasteiger partial charge in [-0.05, 0) is 49.1 Å². The number of halogens is 1. The fraction of sp³-hybridized carbons (Fsp3) is 0.235. The van der Waals surface area contributed by atoms with E-state index in [2.05, 4.69) is 5.32 Å². The van der Waals surface area contributed by atoms with Crippen molar-refractivity contribution in [2.75, 3.05) is 11.9 Å². The summed E-state index contributed by atoms with van der Waals surface area (Å²) in [6, 6.07) is 4.79. The van der Waals surface area contributed by atoms with Gasteiger partial charge in [0.2, 0.25) is 0 Å². The molecule has 2 amide bonds. The van der Waals surface area contributed by atoms with Crippen LogP contribution < -0.4 is 11.1 Å².